The van der Waals surface area contributed by atoms with E-state index in [4.69, 9.17) is 0 Å². The Morgan fingerprint density at radius 2 is 1.75 bits per heavy atom. The molecule has 4 nitrogen and oxygen atoms in total. The number of aliphatic carboxylic acids is 1. The molecule has 1 amide bonds. The highest BCUT2D eigenvalue weighted by Gasteiger charge is 2.37. The number of carbonyl (C=O) groups excluding carboxylic acids is 1. The van der Waals surface area contributed by atoms with Crippen LogP contribution in [0.25, 0.3) is 0 Å². The molecule has 116 valence electrons. The molecule has 1 saturated carbocycles. The van der Waals surface area contributed by atoms with Crippen LogP contribution in [0.1, 0.15) is 59.8 Å². The molecule has 0 aliphatic heterocycles. The summed E-state index contributed by atoms with van der Waals surface area (Å²) in [5, 5.41) is 12.0. The standard InChI is InChI=1S/C16H29NO3/c1-11-5-7-12(8-6-11)9-10-17-14(18)13(15(19)20)16(2,3)4/h11-13H,5-10H2,1-4H3,(H,17,18)(H,19,20). The van der Waals surface area contributed by atoms with Gasteiger partial charge in [0.25, 0.3) is 0 Å². The fourth-order valence-electron chi connectivity index (χ4n) is 3.00. The minimum absolute atomic E-state index is 0.353. The second-order valence-electron chi connectivity index (χ2n) is 7.34. The smallest absolute Gasteiger partial charge is 0.316 e. The molecule has 1 unspecified atom stereocenters. The normalized spacial score (nSPS) is 25.0. The Bertz CT molecular complexity index is 338. The maximum Gasteiger partial charge on any atom is 0.316 e. The van der Waals surface area contributed by atoms with Crippen LogP contribution in [0, 0.1) is 23.2 Å². The molecule has 2 N–H and O–H groups in total. The van der Waals surface area contributed by atoms with Crippen LogP contribution in [0.4, 0.5) is 0 Å². The van der Waals surface area contributed by atoms with Gasteiger partial charge in [-0.3, -0.25) is 9.59 Å². The van der Waals surface area contributed by atoms with E-state index in [-0.39, 0.29) is 5.91 Å². The number of carboxylic acid groups (broad SMARTS) is 1. The highest BCUT2D eigenvalue weighted by molar-refractivity contribution is 5.97. The van der Waals surface area contributed by atoms with Gasteiger partial charge in [-0.05, 0) is 23.7 Å². The van der Waals surface area contributed by atoms with E-state index in [0.717, 1.165) is 12.3 Å². The van der Waals surface area contributed by atoms with Gasteiger partial charge < -0.3 is 10.4 Å². The summed E-state index contributed by atoms with van der Waals surface area (Å²) < 4.78 is 0. The van der Waals surface area contributed by atoms with Gasteiger partial charge in [0.1, 0.15) is 5.92 Å². The Kier molecular flexibility index (Phi) is 6.03. The average Bonchev–Trinajstić information content (AvgIpc) is 2.29. The van der Waals surface area contributed by atoms with Crippen LogP contribution in [0.15, 0.2) is 0 Å². The lowest BCUT2D eigenvalue weighted by molar-refractivity contribution is -0.151. The lowest BCUT2D eigenvalue weighted by Gasteiger charge is -2.28. The molecule has 1 fully saturated rings. The summed E-state index contributed by atoms with van der Waals surface area (Å²) in [6.45, 7) is 8.24. The third-order valence-corrected chi connectivity index (χ3v) is 4.36. The zero-order valence-electron chi connectivity index (χ0n) is 13.2. The largest absolute Gasteiger partial charge is 0.481 e. The zero-order valence-corrected chi connectivity index (χ0v) is 13.2. The van der Waals surface area contributed by atoms with Gasteiger partial charge in [-0.25, -0.2) is 0 Å². The van der Waals surface area contributed by atoms with Gasteiger partial charge in [-0.2, -0.15) is 0 Å². The maximum atomic E-state index is 12.0. The molecule has 0 aromatic rings. The second-order valence-corrected chi connectivity index (χ2v) is 7.34. The molecular formula is C16H29NO3. The predicted octanol–water partition coefficient (Wildman–Crippen LogP) is 3.07. The SMILES string of the molecule is CC1CCC(CCNC(=O)C(C(=O)O)C(C)(C)C)CC1. The van der Waals surface area contributed by atoms with E-state index >= 15 is 0 Å². The van der Waals surface area contributed by atoms with Crippen LogP contribution in [0.2, 0.25) is 0 Å². The summed E-state index contributed by atoms with van der Waals surface area (Å²) in [5.74, 6) is -0.855. The molecule has 1 aliphatic carbocycles. The number of carbonyl (C=O) groups is 2. The van der Waals surface area contributed by atoms with E-state index in [1.807, 2.05) is 0 Å². The van der Waals surface area contributed by atoms with E-state index < -0.39 is 17.3 Å². The Labute approximate surface area is 122 Å². The molecule has 0 saturated heterocycles. The molecular weight excluding hydrogens is 254 g/mol. The van der Waals surface area contributed by atoms with Crippen molar-refractivity contribution in [3.8, 4) is 0 Å². The van der Waals surface area contributed by atoms with Gasteiger partial charge in [0, 0.05) is 6.54 Å². The minimum Gasteiger partial charge on any atom is -0.481 e. The van der Waals surface area contributed by atoms with Crippen LogP contribution in [0.3, 0.4) is 0 Å². The summed E-state index contributed by atoms with van der Waals surface area (Å²) in [5.41, 5.74) is -0.559. The van der Waals surface area contributed by atoms with Crippen molar-refractivity contribution in [2.24, 2.45) is 23.2 Å². The van der Waals surface area contributed by atoms with Gasteiger partial charge >= 0.3 is 5.97 Å². The van der Waals surface area contributed by atoms with Crippen LogP contribution < -0.4 is 5.32 Å². The first-order valence-corrected chi connectivity index (χ1v) is 7.72. The Balaban J connectivity index is 2.37. The molecule has 0 heterocycles. The number of amides is 1. The lowest BCUT2D eigenvalue weighted by atomic mass is 9.80. The van der Waals surface area contributed by atoms with Gasteiger partial charge in [-0.15, -0.1) is 0 Å². The molecule has 1 rings (SSSR count). The average molecular weight is 283 g/mol. The van der Waals surface area contributed by atoms with E-state index in [9.17, 15) is 14.7 Å². The molecule has 1 aliphatic rings. The summed E-state index contributed by atoms with van der Waals surface area (Å²) in [4.78, 5) is 23.3. The number of rotatable bonds is 5. The van der Waals surface area contributed by atoms with Crippen LogP contribution in [-0.4, -0.2) is 23.5 Å². The molecule has 1 atom stereocenters. The topological polar surface area (TPSA) is 66.4 Å². The van der Waals surface area contributed by atoms with E-state index in [1.165, 1.54) is 25.7 Å². The molecule has 0 spiro atoms. The Hall–Kier alpha value is -1.06. The van der Waals surface area contributed by atoms with Gasteiger partial charge in [-0.1, -0.05) is 53.4 Å². The highest BCUT2D eigenvalue weighted by atomic mass is 16.4. The van der Waals surface area contributed by atoms with Gasteiger partial charge in [0.2, 0.25) is 5.91 Å². The Morgan fingerprint density at radius 3 is 2.20 bits per heavy atom. The molecule has 0 radical (unpaired) electrons. The molecule has 4 heteroatoms. The van der Waals surface area contributed by atoms with Crippen molar-refractivity contribution < 1.29 is 14.7 Å². The third-order valence-electron chi connectivity index (χ3n) is 4.36. The van der Waals surface area contributed by atoms with Crippen molar-refractivity contribution in [2.45, 2.75) is 59.8 Å². The van der Waals surface area contributed by atoms with Crippen LogP contribution in [0.5, 0.6) is 0 Å². The lowest BCUT2D eigenvalue weighted by Crippen LogP contribution is -2.43. The summed E-state index contributed by atoms with van der Waals surface area (Å²) in [6, 6.07) is 0. The second kappa shape index (κ2) is 7.09. The minimum atomic E-state index is -1.04. The number of carboxylic acids is 1. The van der Waals surface area contributed by atoms with Crippen molar-refractivity contribution in [3.63, 3.8) is 0 Å². The molecule has 0 bridgehead atoms. The highest BCUT2D eigenvalue weighted by Crippen LogP contribution is 2.30. The van der Waals surface area contributed by atoms with Crippen molar-refractivity contribution in [1.29, 1.82) is 0 Å². The van der Waals surface area contributed by atoms with Crippen LogP contribution >= 0.6 is 0 Å². The number of nitrogens with one attached hydrogen (secondary N) is 1. The predicted molar refractivity (Wildman–Crippen MR) is 79.3 cm³/mol. The van der Waals surface area contributed by atoms with E-state index in [2.05, 4.69) is 12.2 Å². The van der Waals surface area contributed by atoms with Crippen LogP contribution in [-0.2, 0) is 9.59 Å². The summed E-state index contributed by atoms with van der Waals surface area (Å²) in [7, 11) is 0. The van der Waals surface area contributed by atoms with Gasteiger partial charge in [0.05, 0.1) is 0 Å². The first-order chi connectivity index (χ1) is 9.21. The molecule has 0 aromatic carbocycles. The fourth-order valence-corrected chi connectivity index (χ4v) is 3.00. The Morgan fingerprint density at radius 1 is 1.20 bits per heavy atom. The first kappa shape index (κ1) is 17.0. The summed E-state index contributed by atoms with van der Waals surface area (Å²) >= 11 is 0. The summed E-state index contributed by atoms with van der Waals surface area (Å²) in [6.07, 6.45) is 5.99. The van der Waals surface area contributed by atoms with Crippen molar-refractivity contribution in [3.05, 3.63) is 0 Å². The maximum absolute atomic E-state index is 12.0. The van der Waals surface area contributed by atoms with Crippen molar-refractivity contribution in [1.82, 2.24) is 5.32 Å². The monoisotopic (exact) mass is 283 g/mol. The van der Waals surface area contributed by atoms with Crippen molar-refractivity contribution in [2.75, 3.05) is 6.54 Å². The number of hydrogen-bond acceptors (Lipinski definition) is 2. The third kappa shape index (κ3) is 5.14. The number of hydrogen-bond donors (Lipinski definition) is 2. The van der Waals surface area contributed by atoms with E-state index in [1.54, 1.807) is 20.8 Å². The first-order valence-electron chi connectivity index (χ1n) is 7.72. The van der Waals surface area contributed by atoms with Crippen molar-refractivity contribution >= 4 is 11.9 Å². The fraction of sp³-hybridized carbons (Fsp3) is 0.875. The molecule has 0 aromatic heterocycles. The zero-order chi connectivity index (χ0) is 15.3. The quantitative estimate of drug-likeness (QED) is 0.762. The molecule has 20 heavy (non-hydrogen) atoms. The van der Waals surface area contributed by atoms with E-state index in [0.29, 0.717) is 12.5 Å². The van der Waals surface area contributed by atoms with Gasteiger partial charge in [0.15, 0.2) is 0 Å².